The van der Waals surface area contributed by atoms with Crippen LogP contribution in [0.4, 0.5) is 0 Å². The van der Waals surface area contributed by atoms with Crippen LogP contribution in [0.1, 0.15) is 47.0 Å². The van der Waals surface area contributed by atoms with Crippen LogP contribution in [0.3, 0.4) is 0 Å². The molecule has 17 heavy (non-hydrogen) atoms. The number of piperidine rings is 1. The van der Waals surface area contributed by atoms with Gasteiger partial charge >= 0.3 is 0 Å². The summed E-state index contributed by atoms with van der Waals surface area (Å²) in [5, 5.41) is 3.07. The van der Waals surface area contributed by atoms with Crippen molar-refractivity contribution in [3.63, 3.8) is 0 Å². The molecule has 0 bridgehead atoms. The van der Waals surface area contributed by atoms with Crippen LogP contribution in [-0.2, 0) is 10.0 Å². The van der Waals surface area contributed by atoms with Crippen molar-refractivity contribution in [2.45, 2.75) is 64.3 Å². The van der Waals surface area contributed by atoms with Gasteiger partial charge in [-0.15, -0.1) is 0 Å². The van der Waals surface area contributed by atoms with Gasteiger partial charge in [-0.2, -0.15) is 4.31 Å². The van der Waals surface area contributed by atoms with Crippen molar-refractivity contribution in [1.29, 1.82) is 0 Å². The monoisotopic (exact) mass is 262 g/mol. The van der Waals surface area contributed by atoms with Gasteiger partial charge in [0, 0.05) is 18.6 Å². The highest BCUT2D eigenvalue weighted by Crippen LogP contribution is 2.16. The van der Waals surface area contributed by atoms with Gasteiger partial charge < -0.3 is 5.32 Å². The molecule has 102 valence electrons. The van der Waals surface area contributed by atoms with E-state index < -0.39 is 10.0 Å². The molecule has 1 aliphatic heterocycles. The fourth-order valence-corrected chi connectivity index (χ4v) is 3.69. The summed E-state index contributed by atoms with van der Waals surface area (Å²) in [6.07, 6.45) is 3.48. The van der Waals surface area contributed by atoms with Crippen LogP contribution in [0.15, 0.2) is 0 Å². The topological polar surface area (TPSA) is 49.4 Å². The van der Waals surface area contributed by atoms with Crippen molar-refractivity contribution >= 4 is 10.0 Å². The highest BCUT2D eigenvalue weighted by molar-refractivity contribution is 7.89. The van der Waals surface area contributed by atoms with E-state index in [1.54, 1.807) is 18.2 Å². The van der Waals surface area contributed by atoms with Crippen LogP contribution in [-0.4, -0.2) is 43.1 Å². The Hall–Kier alpha value is -0.130. The first-order chi connectivity index (χ1) is 7.85. The quantitative estimate of drug-likeness (QED) is 0.818. The first-order valence-electron chi connectivity index (χ1n) is 6.59. The van der Waals surface area contributed by atoms with E-state index in [0.29, 0.717) is 12.6 Å². The molecule has 4 nitrogen and oxygen atoms in total. The molecule has 0 radical (unpaired) electrons. The minimum atomic E-state index is -3.14. The highest BCUT2D eigenvalue weighted by atomic mass is 32.2. The Kier molecular flexibility index (Phi) is 5.41. The third-order valence-electron chi connectivity index (χ3n) is 3.31. The average Bonchev–Trinajstić information content (AvgIpc) is 2.26. The van der Waals surface area contributed by atoms with Gasteiger partial charge in [0.25, 0.3) is 0 Å². The summed E-state index contributed by atoms with van der Waals surface area (Å²) in [6, 6.07) is 0.353. The van der Waals surface area contributed by atoms with Crippen LogP contribution in [0.25, 0.3) is 0 Å². The number of sulfonamides is 1. The molecule has 1 heterocycles. The molecule has 0 aromatic rings. The lowest BCUT2D eigenvalue weighted by Gasteiger charge is -2.33. The van der Waals surface area contributed by atoms with Crippen molar-refractivity contribution in [2.75, 3.05) is 13.1 Å². The largest absolute Gasteiger partial charge is 0.313 e. The van der Waals surface area contributed by atoms with Gasteiger partial charge in [-0.25, -0.2) is 8.42 Å². The summed E-state index contributed by atoms with van der Waals surface area (Å²) in [7, 11) is -3.14. The van der Waals surface area contributed by atoms with E-state index in [-0.39, 0.29) is 11.3 Å². The Morgan fingerprint density at radius 1 is 1.24 bits per heavy atom. The van der Waals surface area contributed by atoms with E-state index in [9.17, 15) is 8.42 Å². The maximum absolute atomic E-state index is 12.2. The predicted molar refractivity (Wildman–Crippen MR) is 71.5 cm³/mol. The molecule has 1 rings (SSSR count). The van der Waals surface area contributed by atoms with E-state index in [1.165, 1.54) is 12.8 Å². The summed E-state index contributed by atoms with van der Waals surface area (Å²) >= 11 is 0. The highest BCUT2D eigenvalue weighted by Gasteiger charge is 2.30. The second-order valence-corrected chi connectivity index (χ2v) is 7.85. The number of hydrogen-bond acceptors (Lipinski definition) is 3. The third-order valence-corrected chi connectivity index (χ3v) is 5.73. The first-order valence-corrected chi connectivity index (χ1v) is 8.10. The van der Waals surface area contributed by atoms with Crippen molar-refractivity contribution in [3.05, 3.63) is 0 Å². The molecule has 1 aliphatic rings. The van der Waals surface area contributed by atoms with Crippen LogP contribution in [0.2, 0.25) is 0 Å². The third kappa shape index (κ3) is 3.93. The van der Waals surface area contributed by atoms with E-state index in [0.717, 1.165) is 13.0 Å². The second-order valence-electron chi connectivity index (χ2n) is 5.40. The van der Waals surface area contributed by atoms with Gasteiger partial charge in [-0.1, -0.05) is 6.42 Å². The smallest absolute Gasteiger partial charge is 0.216 e. The summed E-state index contributed by atoms with van der Waals surface area (Å²) in [5.74, 6) is 0. The molecule has 0 spiro atoms. The molecule has 0 aliphatic carbocycles. The van der Waals surface area contributed by atoms with Gasteiger partial charge in [-0.3, -0.25) is 0 Å². The maximum Gasteiger partial charge on any atom is 0.216 e. The molecule has 0 aromatic heterocycles. The number of nitrogens with zero attached hydrogens (tertiary/aromatic N) is 1. The van der Waals surface area contributed by atoms with Crippen LogP contribution in [0.5, 0.6) is 0 Å². The molecular weight excluding hydrogens is 236 g/mol. The number of nitrogens with one attached hydrogen (secondary N) is 1. The number of hydrogen-bond donors (Lipinski definition) is 1. The van der Waals surface area contributed by atoms with Gasteiger partial charge in [0.15, 0.2) is 0 Å². The van der Waals surface area contributed by atoms with Crippen molar-refractivity contribution in [2.24, 2.45) is 0 Å². The van der Waals surface area contributed by atoms with Crippen molar-refractivity contribution in [3.8, 4) is 0 Å². The maximum atomic E-state index is 12.2. The molecule has 1 saturated heterocycles. The van der Waals surface area contributed by atoms with Crippen molar-refractivity contribution in [1.82, 2.24) is 9.62 Å². The molecule has 0 amide bonds. The molecule has 0 aromatic carbocycles. The summed E-state index contributed by atoms with van der Waals surface area (Å²) < 4.78 is 26.1. The van der Waals surface area contributed by atoms with Gasteiger partial charge in [0.2, 0.25) is 10.0 Å². The zero-order valence-corrected chi connectivity index (χ0v) is 12.3. The predicted octanol–water partition coefficient (Wildman–Crippen LogP) is 1.58. The van der Waals surface area contributed by atoms with Crippen LogP contribution < -0.4 is 5.32 Å². The standard InChI is InChI=1S/C12H26N2O2S/c1-10(2)14(17(15,16)11(3)4)9-12-7-5-6-8-13-12/h10-13H,5-9H2,1-4H3. The Morgan fingerprint density at radius 2 is 1.88 bits per heavy atom. The molecule has 1 N–H and O–H groups in total. The van der Waals surface area contributed by atoms with E-state index in [1.807, 2.05) is 13.8 Å². The summed E-state index contributed by atoms with van der Waals surface area (Å²) in [5.41, 5.74) is 0. The Bertz CT molecular complexity index is 319. The molecular formula is C12H26N2O2S. The summed E-state index contributed by atoms with van der Waals surface area (Å²) in [6.45, 7) is 9.01. The lowest BCUT2D eigenvalue weighted by molar-refractivity contribution is 0.281. The van der Waals surface area contributed by atoms with Crippen LogP contribution in [0, 0.1) is 0 Å². The van der Waals surface area contributed by atoms with Gasteiger partial charge in [-0.05, 0) is 47.1 Å². The second kappa shape index (κ2) is 6.16. The fourth-order valence-electron chi connectivity index (χ4n) is 2.18. The zero-order chi connectivity index (χ0) is 13.1. The van der Waals surface area contributed by atoms with E-state index >= 15 is 0 Å². The zero-order valence-electron chi connectivity index (χ0n) is 11.4. The van der Waals surface area contributed by atoms with E-state index in [4.69, 9.17) is 0 Å². The normalized spacial score (nSPS) is 22.6. The average molecular weight is 262 g/mol. The molecule has 1 atom stereocenters. The SMILES string of the molecule is CC(C)N(CC1CCCCN1)S(=O)(=O)C(C)C. The van der Waals surface area contributed by atoms with Gasteiger partial charge in [0.05, 0.1) is 5.25 Å². The lowest BCUT2D eigenvalue weighted by atomic mass is 10.1. The first kappa shape index (κ1) is 14.9. The molecule has 1 unspecified atom stereocenters. The Labute approximate surface area is 106 Å². The Morgan fingerprint density at radius 3 is 2.29 bits per heavy atom. The van der Waals surface area contributed by atoms with Crippen LogP contribution >= 0.6 is 0 Å². The summed E-state index contributed by atoms with van der Waals surface area (Å²) in [4.78, 5) is 0. The van der Waals surface area contributed by atoms with Gasteiger partial charge in [0.1, 0.15) is 0 Å². The molecule has 1 fully saturated rings. The number of rotatable bonds is 5. The Balaban J connectivity index is 2.72. The van der Waals surface area contributed by atoms with Crippen molar-refractivity contribution < 1.29 is 8.42 Å². The molecule has 5 heteroatoms. The fraction of sp³-hybridized carbons (Fsp3) is 1.00. The minimum absolute atomic E-state index is 0.0335. The minimum Gasteiger partial charge on any atom is -0.313 e. The lowest BCUT2D eigenvalue weighted by Crippen LogP contribution is -2.49. The van der Waals surface area contributed by atoms with E-state index in [2.05, 4.69) is 5.32 Å². The molecule has 0 saturated carbocycles.